The van der Waals surface area contributed by atoms with Crippen LogP contribution in [0.3, 0.4) is 0 Å². The molecule has 2 nitrogen and oxygen atoms in total. The minimum atomic E-state index is -0.155. The third-order valence-corrected chi connectivity index (χ3v) is 8.49. The second-order valence-corrected chi connectivity index (χ2v) is 9.70. The molecule has 1 fully saturated rings. The molecule has 0 unspecified atom stereocenters. The van der Waals surface area contributed by atoms with Gasteiger partial charge in [-0.05, 0) is 57.0 Å². The van der Waals surface area contributed by atoms with Crippen LogP contribution in [0.5, 0.6) is 0 Å². The zero-order valence-corrected chi connectivity index (χ0v) is 16.5. The number of ether oxygens (including phenoxy) is 1. The first-order valence-corrected chi connectivity index (χ1v) is 11.5. The Morgan fingerprint density at radius 2 is 1.88 bits per heavy atom. The number of benzene rings is 1. The predicted octanol–water partition coefficient (Wildman–Crippen LogP) is 5.28. The van der Waals surface area contributed by atoms with Crippen molar-refractivity contribution < 1.29 is 9.53 Å². The molecule has 2 atom stereocenters. The lowest BCUT2D eigenvalue weighted by Gasteiger charge is -2.44. The molecule has 4 rings (SSSR count). The second kappa shape index (κ2) is 7.60. The van der Waals surface area contributed by atoms with Crippen molar-refractivity contribution in [2.45, 2.75) is 16.9 Å². The van der Waals surface area contributed by atoms with Crippen LogP contribution in [0, 0.1) is 5.92 Å². The Bertz CT molecular complexity index is 762. The summed E-state index contributed by atoms with van der Waals surface area (Å²) in [6.45, 7) is 0. The Morgan fingerprint density at radius 1 is 1.12 bits per heavy atom. The first-order chi connectivity index (χ1) is 12.3. The molecule has 5 heteroatoms. The normalized spacial score (nSPS) is 24.0. The summed E-state index contributed by atoms with van der Waals surface area (Å²) in [7, 11) is 1.51. The minimum absolute atomic E-state index is 0.0994. The van der Waals surface area contributed by atoms with Crippen molar-refractivity contribution in [2.75, 3.05) is 18.6 Å². The van der Waals surface area contributed by atoms with Gasteiger partial charge in [-0.2, -0.15) is 11.3 Å². The SMILES string of the molecule is COC(=O)[C@@H]1C(C2SCCCS2)=C(c2ccccc2)[C@H]1c1ccsc1. The molecule has 1 aromatic carbocycles. The summed E-state index contributed by atoms with van der Waals surface area (Å²) >= 11 is 5.64. The largest absolute Gasteiger partial charge is 0.469 e. The molecular formula is C20H20O2S3. The van der Waals surface area contributed by atoms with Crippen LogP contribution in [0.4, 0.5) is 0 Å². The highest BCUT2D eigenvalue weighted by molar-refractivity contribution is 8.17. The molecule has 2 heterocycles. The molecule has 0 N–H and O–H groups in total. The van der Waals surface area contributed by atoms with E-state index >= 15 is 0 Å². The van der Waals surface area contributed by atoms with E-state index in [2.05, 4.69) is 41.1 Å². The topological polar surface area (TPSA) is 26.3 Å². The Balaban J connectivity index is 1.84. The van der Waals surface area contributed by atoms with E-state index in [9.17, 15) is 4.79 Å². The molecule has 2 aromatic rings. The van der Waals surface area contributed by atoms with Gasteiger partial charge in [-0.25, -0.2) is 0 Å². The van der Waals surface area contributed by atoms with Gasteiger partial charge in [0.05, 0.1) is 17.6 Å². The number of thioether (sulfide) groups is 2. The zero-order valence-electron chi connectivity index (χ0n) is 14.0. The van der Waals surface area contributed by atoms with Gasteiger partial charge in [0.25, 0.3) is 0 Å². The minimum Gasteiger partial charge on any atom is -0.469 e. The Kier molecular flexibility index (Phi) is 5.25. The van der Waals surface area contributed by atoms with Gasteiger partial charge in [0.1, 0.15) is 0 Å². The molecule has 2 aliphatic rings. The van der Waals surface area contributed by atoms with Crippen LogP contribution in [0.15, 0.2) is 52.7 Å². The molecule has 0 saturated carbocycles. The highest BCUT2D eigenvalue weighted by atomic mass is 32.2. The maximum atomic E-state index is 12.7. The number of thiophene rings is 1. The van der Waals surface area contributed by atoms with Crippen LogP contribution in [0.25, 0.3) is 5.57 Å². The molecule has 1 aliphatic carbocycles. The number of allylic oxidation sites excluding steroid dienone is 1. The van der Waals surface area contributed by atoms with Crippen molar-refractivity contribution in [3.8, 4) is 0 Å². The monoisotopic (exact) mass is 388 g/mol. The average Bonchev–Trinajstić information content (AvgIpc) is 3.16. The molecule has 0 radical (unpaired) electrons. The predicted molar refractivity (Wildman–Crippen MR) is 109 cm³/mol. The van der Waals surface area contributed by atoms with Gasteiger partial charge >= 0.3 is 5.97 Å². The molecule has 0 amide bonds. The third-order valence-electron chi connectivity index (χ3n) is 4.81. The van der Waals surface area contributed by atoms with Gasteiger partial charge in [0.15, 0.2) is 0 Å². The summed E-state index contributed by atoms with van der Waals surface area (Å²) in [4.78, 5) is 12.7. The highest BCUT2D eigenvalue weighted by Gasteiger charge is 2.49. The summed E-state index contributed by atoms with van der Waals surface area (Å²) in [6, 6.07) is 12.7. The van der Waals surface area contributed by atoms with E-state index in [1.165, 1.54) is 47.3 Å². The fraction of sp³-hybridized carbons (Fsp3) is 0.350. The van der Waals surface area contributed by atoms with Crippen LogP contribution in [-0.2, 0) is 9.53 Å². The van der Waals surface area contributed by atoms with Gasteiger partial charge in [-0.15, -0.1) is 23.5 Å². The Morgan fingerprint density at radius 3 is 2.52 bits per heavy atom. The van der Waals surface area contributed by atoms with Crippen LogP contribution >= 0.6 is 34.9 Å². The fourth-order valence-electron chi connectivity index (χ4n) is 3.70. The van der Waals surface area contributed by atoms with Gasteiger partial charge in [0, 0.05) is 5.92 Å². The molecule has 1 aliphatic heterocycles. The van der Waals surface area contributed by atoms with E-state index in [0.717, 1.165) is 0 Å². The number of rotatable bonds is 4. The summed E-state index contributed by atoms with van der Waals surface area (Å²) in [5.41, 5.74) is 5.08. The summed E-state index contributed by atoms with van der Waals surface area (Å²) < 4.78 is 5.56. The Hall–Kier alpha value is -1.17. The summed E-state index contributed by atoms with van der Waals surface area (Å²) in [5, 5.41) is 4.26. The van der Waals surface area contributed by atoms with Crippen LogP contribution in [-0.4, -0.2) is 29.2 Å². The average molecular weight is 389 g/mol. The lowest BCUT2D eigenvalue weighted by Crippen LogP contribution is -2.39. The van der Waals surface area contributed by atoms with E-state index in [1.54, 1.807) is 11.3 Å². The highest BCUT2D eigenvalue weighted by Crippen LogP contribution is 2.58. The maximum Gasteiger partial charge on any atom is 0.313 e. The van der Waals surface area contributed by atoms with Gasteiger partial charge < -0.3 is 4.74 Å². The maximum absolute atomic E-state index is 12.7. The van der Waals surface area contributed by atoms with Crippen molar-refractivity contribution >= 4 is 46.4 Å². The van der Waals surface area contributed by atoms with Crippen molar-refractivity contribution in [3.63, 3.8) is 0 Å². The van der Waals surface area contributed by atoms with Crippen LogP contribution in [0.1, 0.15) is 23.5 Å². The second-order valence-electron chi connectivity index (χ2n) is 6.20. The van der Waals surface area contributed by atoms with E-state index in [-0.39, 0.29) is 17.8 Å². The van der Waals surface area contributed by atoms with E-state index in [1.807, 2.05) is 29.6 Å². The zero-order chi connectivity index (χ0) is 17.2. The smallest absolute Gasteiger partial charge is 0.313 e. The van der Waals surface area contributed by atoms with Crippen molar-refractivity contribution in [1.82, 2.24) is 0 Å². The van der Waals surface area contributed by atoms with Crippen molar-refractivity contribution in [2.24, 2.45) is 5.92 Å². The lowest BCUT2D eigenvalue weighted by molar-refractivity contribution is -0.144. The number of carbonyl (C=O) groups is 1. The molecule has 0 spiro atoms. The van der Waals surface area contributed by atoms with E-state index in [4.69, 9.17) is 4.74 Å². The number of methoxy groups -OCH3 is 1. The first kappa shape index (κ1) is 17.3. The first-order valence-electron chi connectivity index (χ1n) is 8.43. The summed E-state index contributed by atoms with van der Waals surface area (Å²) in [6.07, 6.45) is 1.25. The van der Waals surface area contributed by atoms with E-state index in [0.29, 0.717) is 4.58 Å². The fourth-order valence-corrected chi connectivity index (χ4v) is 7.50. The van der Waals surface area contributed by atoms with Crippen molar-refractivity contribution in [1.29, 1.82) is 0 Å². The lowest BCUT2D eigenvalue weighted by atomic mass is 9.63. The van der Waals surface area contributed by atoms with Gasteiger partial charge in [-0.3, -0.25) is 4.79 Å². The molecule has 130 valence electrons. The number of hydrogen-bond donors (Lipinski definition) is 0. The third kappa shape index (κ3) is 3.18. The standard InChI is InChI=1S/C20H20O2S3/c1-22-19(21)17-16(14-8-11-23-12-14)15(13-6-3-2-4-7-13)18(17)20-24-9-5-10-25-20/h2-4,6-8,11-12,16-17,20H,5,9-10H2,1H3/t16-,17+/m1/s1. The van der Waals surface area contributed by atoms with Crippen LogP contribution < -0.4 is 0 Å². The quantitative estimate of drug-likeness (QED) is 0.665. The van der Waals surface area contributed by atoms with Gasteiger partial charge in [0.2, 0.25) is 0 Å². The van der Waals surface area contributed by atoms with Gasteiger partial charge in [-0.1, -0.05) is 30.3 Å². The molecule has 25 heavy (non-hydrogen) atoms. The molecule has 0 bridgehead atoms. The van der Waals surface area contributed by atoms with E-state index < -0.39 is 0 Å². The number of carbonyl (C=O) groups excluding carboxylic acids is 1. The Labute approximate surface area is 161 Å². The van der Waals surface area contributed by atoms with Crippen molar-refractivity contribution in [3.05, 3.63) is 63.9 Å². The summed E-state index contributed by atoms with van der Waals surface area (Å²) in [5.74, 6) is 2.19. The number of hydrogen-bond acceptors (Lipinski definition) is 5. The molecule has 1 saturated heterocycles. The van der Waals surface area contributed by atoms with Crippen LogP contribution in [0.2, 0.25) is 0 Å². The molecule has 1 aromatic heterocycles. The molecular weight excluding hydrogens is 368 g/mol. The number of esters is 1.